The number of ether oxygens (including phenoxy) is 1. The van der Waals surface area contributed by atoms with Crippen molar-refractivity contribution in [3.63, 3.8) is 0 Å². The van der Waals surface area contributed by atoms with Crippen LogP contribution in [0.3, 0.4) is 0 Å². The van der Waals surface area contributed by atoms with E-state index < -0.39 is 5.41 Å². The number of hydrogen-bond acceptors (Lipinski definition) is 3. The van der Waals surface area contributed by atoms with Crippen LogP contribution in [0.5, 0.6) is 0 Å². The van der Waals surface area contributed by atoms with Crippen molar-refractivity contribution >= 4 is 11.8 Å². The average molecular weight is 302 g/mol. The lowest BCUT2D eigenvalue weighted by Gasteiger charge is -2.31. The van der Waals surface area contributed by atoms with Crippen LogP contribution in [0.1, 0.15) is 57.4 Å². The van der Waals surface area contributed by atoms with Crippen molar-refractivity contribution in [2.45, 2.75) is 58.3 Å². The smallest absolute Gasteiger partial charge is 0.319 e. The number of rotatable bonds is 5. The van der Waals surface area contributed by atoms with Crippen molar-refractivity contribution in [1.29, 1.82) is 0 Å². The summed E-state index contributed by atoms with van der Waals surface area (Å²) in [6.07, 6.45) is 6.46. The van der Waals surface area contributed by atoms with Gasteiger partial charge in [-0.1, -0.05) is 49.6 Å². The number of Topliss-reactive ketones (excluding diaryl/α,β-unsaturated/α-hetero) is 1. The number of ketones is 1. The van der Waals surface area contributed by atoms with Crippen LogP contribution in [0.4, 0.5) is 0 Å². The van der Waals surface area contributed by atoms with E-state index in [0.29, 0.717) is 25.9 Å². The van der Waals surface area contributed by atoms with Gasteiger partial charge in [0, 0.05) is 6.42 Å². The van der Waals surface area contributed by atoms with Crippen molar-refractivity contribution in [3.8, 4) is 0 Å². The molecule has 0 N–H and O–H groups in total. The number of aryl methyl sites for hydroxylation is 1. The van der Waals surface area contributed by atoms with Crippen LogP contribution < -0.4 is 0 Å². The fourth-order valence-electron chi connectivity index (χ4n) is 3.30. The Morgan fingerprint density at radius 3 is 2.59 bits per heavy atom. The number of hydrogen-bond donors (Lipinski definition) is 0. The molecule has 3 heteroatoms. The van der Waals surface area contributed by atoms with Gasteiger partial charge in [-0.3, -0.25) is 9.59 Å². The first-order valence-electron chi connectivity index (χ1n) is 8.43. The lowest BCUT2D eigenvalue weighted by Crippen LogP contribution is -2.42. The molecule has 0 spiro atoms. The highest BCUT2D eigenvalue weighted by Gasteiger charge is 2.45. The Balaban J connectivity index is 2.19. The van der Waals surface area contributed by atoms with Crippen molar-refractivity contribution < 1.29 is 14.3 Å². The highest BCUT2D eigenvalue weighted by Crippen LogP contribution is 2.37. The quantitative estimate of drug-likeness (QED) is 0.607. The Hall–Kier alpha value is -1.64. The minimum Gasteiger partial charge on any atom is -0.465 e. The predicted molar refractivity (Wildman–Crippen MR) is 86.5 cm³/mol. The molecule has 0 aliphatic heterocycles. The second kappa shape index (κ2) is 8.11. The zero-order valence-corrected chi connectivity index (χ0v) is 13.5. The van der Waals surface area contributed by atoms with E-state index in [1.165, 1.54) is 5.56 Å². The molecule has 0 heterocycles. The molecular weight excluding hydrogens is 276 g/mol. The van der Waals surface area contributed by atoms with E-state index >= 15 is 0 Å². The van der Waals surface area contributed by atoms with E-state index in [0.717, 1.165) is 32.1 Å². The summed E-state index contributed by atoms with van der Waals surface area (Å²) in [6, 6.07) is 10.1. The third kappa shape index (κ3) is 3.96. The normalized spacial score (nSPS) is 22.7. The molecule has 1 unspecified atom stereocenters. The molecule has 1 aliphatic rings. The number of benzene rings is 1. The van der Waals surface area contributed by atoms with Gasteiger partial charge in [0.25, 0.3) is 0 Å². The first-order valence-corrected chi connectivity index (χ1v) is 8.43. The zero-order valence-electron chi connectivity index (χ0n) is 13.5. The van der Waals surface area contributed by atoms with E-state index in [1.807, 2.05) is 30.3 Å². The lowest BCUT2D eigenvalue weighted by molar-refractivity contribution is -0.161. The van der Waals surface area contributed by atoms with Crippen molar-refractivity contribution in [3.05, 3.63) is 35.9 Å². The number of carbonyl (C=O) groups excluding carboxylic acids is 2. The van der Waals surface area contributed by atoms with E-state index in [-0.39, 0.29) is 11.8 Å². The van der Waals surface area contributed by atoms with E-state index in [9.17, 15) is 9.59 Å². The highest BCUT2D eigenvalue weighted by molar-refractivity contribution is 6.03. The number of esters is 1. The first-order chi connectivity index (χ1) is 10.7. The summed E-state index contributed by atoms with van der Waals surface area (Å²) in [7, 11) is 0. The van der Waals surface area contributed by atoms with Crippen molar-refractivity contribution in [2.75, 3.05) is 6.61 Å². The van der Waals surface area contributed by atoms with Crippen LogP contribution in [0.25, 0.3) is 0 Å². The van der Waals surface area contributed by atoms with Crippen molar-refractivity contribution in [2.24, 2.45) is 5.41 Å². The van der Waals surface area contributed by atoms with Gasteiger partial charge < -0.3 is 4.74 Å². The second-order valence-corrected chi connectivity index (χ2v) is 6.13. The highest BCUT2D eigenvalue weighted by atomic mass is 16.5. The van der Waals surface area contributed by atoms with Gasteiger partial charge in [-0.2, -0.15) is 0 Å². The largest absolute Gasteiger partial charge is 0.465 e. The van der Waals surface area contributed by atoms with Crippen LogP contribution >= 0.6 is 0 Å². The molecule has 0 radical (unpaired) electrons. The van der Waals surface area contributed by atoms with Crippen molar-refractivity contribution in [1.82, 2.24) is 0 Å². The molecule has 0 amide bonds. The van der Waals surface area contributed by atoms with Crippen LogP contribution in [0, 0.1) is 5.41 Å². The molecule has 1 saturated carbocycles. The minimum atomic E-state index is -0.924. The molecule has 1 atom stereocenters. The standard InChI is InChI=1S/C19H26O3/c1-2-22-18(21)19(14-9-4-3-8-12-17(19)20)15-13-16-10-6-5-7-11-16/h5-7,10-11H,2-4,8-9,12-15H2,1H3. The topological polar surface area (TPSA) is 43.4 Å². The molecule has 0 bridgehead atoms. The summed E-state index contributed by atoms with van der Waals surface area (Å²) in [5.74, 6) is -0.223. The van der Waals surface area contributed by atoms with Gasteiger partial charge in [0.2, 0.25) is 0 Å². The summed E-state index contributed by atoms with van der Waals surface area (Å²) < 4.78 is 5.28. The molecule has 3 nitrogen and oxygen atoms in total. The maximum atomic E-state index is 12.7. The summed E-state index contributed by atoms with van der Waals surface area (Å²) in [6.45, 7) is 2.13. The third-order valence-corrected chi connectivity index (χ3v) is 4.64. The SMILES string of the molecule is CCOC(=O)C1(CCc2ccccc2)CCCCCCC1=O. The van der Waals surface area contributed by atoms with Gasteiger partial charge >= 0.3 is 5.97 Å². The molecular formula is C19H26O3. The minimum absolute atomic E-state index is 0.0848. The van der Waals surface area contributed by atoms with Crippen LogP contribution in [-0.4, -0.2) is 18.4 Å². The molecule has 0 aromatic heterocycles. The van der Waals surface area contributed by atoms with E-state index in [2.05, 4.69) is 0 Å². The molecule has 1 aliphatic carbocycles. The average Bonchev–Trinajstić information content (AvgIpc) is 2.52. The predicted octanol–water partition coefficient (Wildman–Crippen LogP) is 4.09. The van der Waals surface area contributed by atoms with E-state index in [1.54, 1.807) is 6.92 Å². The number of carbonyl (C=O) groups is 2. The summed E-state index contributed by atoms with van der Waals surface area (Å²) in [5, 5.41) is 0. The van der Waals surface area contributed by atoms with Gasteiger partial charge in [0.15, 0.2) is 0 Å². The maximum Gasteiger partial charge on any atom is 0.319 e. The van der Waals surface area contributed by atoms with Gasteiger partial charge in [-0.15, -0.1) is 0 Å². The molecule has 1 fully saturated rings. The van der Waals surface area contributed by atoms with E-state index in [4.69, 9.17) is 4.74 Å². The Morgan fingerprint density at radius 2 is 1.86 bits per heavy atom. The Kier molecular flexibility index (Phi) is 6.17. The van der Waals surface area contributed by atoms with Crippen LogP contribution in [0.2, 0.25) is 0 Å². The van der Waals surface area contributed by atoms with Gasteiger partial charge in [0.1, 0.15) is 11.2 Å². The molecule has 1 aromatic rings. The van der Waals surface area contributed by atoms with Gasteiger partial charge in [0.05, 0.1) is 6.61 Å². The Labute approximate surface area is 133 Å². The maximum absolute atomic E-state index is 12.7. The molecule has 1 aromatic carbocycles. The fourth-order valence-corrected chi connectivity index (χ4v) is 3.30. The monoisotopic (exact) mass is 302 g/mol. The molecule has 0 saturated heterocycles. The Morgan fingerprint density at radius 1 is 1.14 bits per heavy atom. The summed E-state index contributed by atoms with van der Waals surface area (Å²) in [5.41, 5.74) is 0.243. The first kappa shape index (κ1) is 16.7. The molecule has 22 heavy (non-hydrogen) atoms. The van der Waals surface area contributed by atoms with Gasteiger partial charge in [-0.05, 0) is 38.2 Å². The van der Waals surface area contributed by atoms with Crippen LogP contribution in [0.15, 0.2) is 30.3 Å². The third-order valence-electron chi connectivity index (χ3n) is 4.64. The summed E-state index contributed by atoms with van der Waals surface area (Å²) >= 11 is 0. The lowest BCUT2D eigenvalue weighted by atomic mass is 9.71. The van der Waals surface area contributed by atoms with Gasteiger partial charge in [-0.25, -0.2) is 0 Å². The zero-order chi connectivity index (χ0) is 15.8. The molecule has 2 rings (SSSR count). The molecule has 120 valence electrons. The van der Waals surface area contributed by atoms with Crippen LogP contribution in [-0.2, 0) is 20.7 Å². The second-order valence-electron chi connectivity index (χ2n) is 6.13. The fraction of sp³-hybridized carbons (Fsp3) is 0.579. The summed E-state index contributed by atoms with van der Waals surface area (Å²) in [4.78, 5) is 25.3. The Bertz CT molecular complexity index is 485.